The summed E-state index contributed by atoms with van der Waals surface area (Å²) in [5.74, 6) is 2.98. The van der Waals surface area contributed by atoms with Crippen LogP contribution in [-0.4, -0.2) is 15.3 Å². The fourth-order valence-electron chi connectivity index (χ4n) is 3.92. The van der Waals surface area contributed by atoms with Crippen molar-refractivity contribution >= 4 is 11.7 Å². The van der Waals surface area contributed by atoms with Crippen LogP contribution in [0.5, 0.6) is 0 Å². The molecule has 18 heavy (non-hydrogen) atoms. The van der Waals surface area contributed by atoms with Crippen molar-refractivity contribution in [2.24, 2.45) is 17.8 Å². The summed E-state index contributed by atoms with van der Waals surface area (Å²) in [6.45, 7) is 3.31. The maximum absolute atomic E-state index is 4.44. The highest BCUT2D eigenvalue weighted by atomic mass is 32.1. The van der Waals surface area contributed by atoms with Gasteiger partial charge >= 0.3 is 0 Å². The van der Waals surface area contributed by atoms with Crippen LogP contribution in [0.25, 0.3) is 0 Å². The summed E-state index contributed by atoms with van der Waals surface area (Å²) in [6.07, 6.45) is 10.3. The first-order valence-corrected chi connectivity index (χ1v) is 8.10. The van der Waals surface area contributed by atoms with E-state index in [-0.39, 0.29) is 0 Å². The van der Waals surface area contributed by atoms with Crippen LogP contribution in [0.2, 0.25) is 0 Å². The highest BCUT2D eigenvalue weighted by Crippen LogP contribution is 2.50. The average Bonchev–Trinajstić information content (AvgIpc) is 3.09. The van der Waals surface area contributed by atoms with Gasteiger partial charge in [0.25, 0.3) is 0 Å². The van der Waals surface area contributed by atoms with E-state index in [9.17, 15) is 0 Å². The third kappa shape index (κ3) is 2.59. The SMILES string of the molecule is CCCNC(CC1CC2CCC1C2)c1cnsn1. The van der Waals surface area contributed by atoms with Crippen LogP contribution in [0.4, 0.5) is 0 Å². The van der Waals surface area contributed by atoms with E-state index in [4.69, 9.17) is 0 Å². The molecule has 1 N–H and O–H groups in total. The number of nitrogens with zero attached hydrogens (tertiary/aromatic N) is 2. The molecule has 4 unspecified atom stereocenters. The van der Waals surface area contributed by atoms with Gasteiger partial charge in [-0.15, -0.1) is 0 Å². The Balaban J connectivity index is 1.62. The molecule has 4 heteroatoms. The van der Waals surface area contributed by atoms with Crippen LogP contribution in [0.1, 0.15) is 57.2 Å². The predicted molar refractivity (Wildman–Crippen MR) is 74.5 cm³/mol. The number of aromatic nitrogens is 2. The van der Waals surface area contributed by atoms with Crippen LogP contribution in [0.3, 0.4) is 0 Å². The second-order valence-electron chi connectivity index (χ2n) is 6.01. The lowest BCUT2D eigenvalue weighted by Crippen LogP contribution is -2.26. The number of fused-ring (bicyclic) bond motifs is 2. The Kier molecular flexibility index (Phi) is 3.94. The summed E-state index contributed by atoms with van der Waals surface area (Å²) >= 11 is 1.33. The highest BCUT2D eigenvalue weighted by molar-refractivity contribution is 6.99. The van der Waals surface area contributed by atoms with Crippen molar-refractivity contribution in [2.45, 2.75) is 51.5 Å². The molecule has 0 amide bonds. The topological polar surface area (TPSA) is 37.8 Å². The molecule has 1 aromatic rings. The molecule has 1 heterocycles. The zero-order chi connectivity index (χ0) is 12.4. The summed E-state index contributed by atoms with van der Waals surface area (Å²) in [5.41, 5.74) is 1.16. The van der Waals surface area contributed by atoms with Gasteiger partial charge in [0, 0.05) is 0 Å². The Labute approximate surface area is 114 Å². The minimum Gasteiger partial charge on any atom is -0.309 e. The lowest BCUT2D eigenvalue weighted by Gasteiger charge is -2.26. The zero-order valence-electron chi connectivity index (χ0n) is 11.1. The molecular weight excluding hydrogens is 242 g/mol. The first kappa shape index (κ1) is 12.5. The van der Waals surface area contributed by atoms with Crippen molar-refractivity contribution in [1.29, 1.82) is 0 Å². The molecule has 2 fully saturated rings. The first-order valence-electron chi connectivity index (χ1n) is 7.37. The van der Waals surface area contributed by atoms with E-state index in [1.54, 1.807) is 0 Å². The summed E-state index contributed by atoms with van der Waals surface area (Å²) in [7, 11) is 0. The fraction of sp³-hybridized carbons (Fsp3) is 0.857. The fourth-order valence-corrected chi connectivity index (χ4v) is 4.39. The monoisotopic (exact) mass is 265 g/mol. The maximum atomic E-state index is 4.44. The Bertz CT molecular complexity index is 365. The molecule has 2 aliphatic rings. The molecule has 0 spiro atoms. The molecule has 0 saturated heterocycles. The van der Waals surface area contributed by atoms with Gasteiger partial charge in [-0.2, -0.15) is 8.75 Å². The quantitative estimate of drug-likeness (QED) is 0.856. The lowest BCUT2D eigenvalue weighted by atomic mass is 9.83. The molecule has 3 rings (SSSR count). The second kappa shape index (κ2) is 5.66. The number of nitrogens with one attached hydrogen (secondary N) is 1. The van der Waals surface area contributed by atoms with Gasteiger partial charge in [0.15, 0.2) is 0 Å². The Morgan fingerprint density at radius 3 is 3.00 bits per heavy atom. The molecule has 100 valence electrons. The molecule has 3 nitrogen and oxygen atoms in total. The number of hydrogen-bond acceptors (Lipinski definition) is 4. The van der Waals surface area contributed by atoms with Crippen molar-refractivity contribution in [1.82, 2.24) is 14.1 Å². The van der Waals surface area contributed by atoms with E-state index >= 15 is 0 Å². The van der Waals surface area contributed by atoms with E-state index in [2.05, 4.69) is 21.0 Å². The van der Waals surface area contributed by atoms with E-state index in [0.29, 0.717) is 6.04 Å². The third-order valence-electron chi connectivity index (χ3n) is 4.80. The van der Waals surface area contributed by atoms with Gasteiger partial charge in [0.1, 0.15) is 0 Å². The Morgan fingerprint density at radius 2 is 2.39 bits per heavy atom. The molecule has 2 bridgehead atoms. The van der Waals surface area contributed by atoms with Crippen LogP contribution >= 0.6 is 11.7 Å². The third-order valence-corrected chi connectivity index (χ3v) is 5.29. The maximum Gasteiger partial charge on any atom is 0.0912 e. The minimum atomic E-state index is 0.438. The molecule has 2 saturated carbocycles. The van der Waals surface area contributed by atoms with E-state index in [0.717, 1.165) is 30.0 Å². The van der Waals surface area contributed by atoms with E-state index < -0.39 is 0 Å². The second-order valence-corrected chi connectivity index (χ2v) is 6.57. The predicted octanol–water partition coefficient (Wildman–Crippen LogP) is 3.41. The summed E-state index contributed by atoms with van der Waals surface area (Å²) in [5, 5.41) is 3.66. The van der Waals surface area contributed by atoms with Crippen molar-refractivity contribution in [2.75, 3.05) is 6.54 Å². The van der Waals surface area contributed by atoms with Crippen molar-refractivity contribution < 1.29 is 0 Å². The molecule has 0 aromatic carbocycles. The zero-order valence-corrected chi connectivity index (χ0v) is 12.0. The Hall–Kier alpha value is -0.480. The molecular formula is C14H23N3S. The summed E-state index contributed by atoms with van der Waals surface area (Å²) in [4.78, 5) is 0. The van der Waals surface area contributed by atoms with Crippen LogP contribution in [0, 0.1) is 17.8 Å². The largest absolute Gasteiger partial charge is 0.309 e. The average molecular weight is 265 g/mol. The number of hydrogen-bond donors (Lipinski definition) is 1. The highest BCUT2D eigenvalue weighted by Gasteiger charge is 2.40. The molecule has 1 aromatic heterocycles. The summed E-state index contributed by atoms with van der Waals surface area (Å²) < 4.78 is 8.61. The van der Waals surface area contributed by atoms with Gasteiger partial charge in [0.2, 0.25) is 0 Å². The van der Waals surface area contributed by atoms with E-state index in [1.807, 2.05) is 6.20 Å². The van der Waals surface area contributed by atoms with Crippen molar-refractivity contribution in [3.05, 3.63) is 11.9 Å². The molecule has 4 atom stereocenters. The number of rotatable bonds is 6. The molecule has 0 radical (unpaired) electrons. The minimum absolute atomic E-state index is 0.438. The van der Waals surface area contributed by atoms with Crippen molar-refractivity contribution in [3.8, 4) is 0 Å². The van der Waals surface area contributed by atoms with Gasteiger partial charge in [-0.25, -0.2) is 0 Å². The molecule has 0 aliphatic heterocycles. The standard InChI is InChI=1S/C14H23N3S/c1-2-5-15-13(14-9-16-18-17-14)8-12-7-10-3-4-11(12)6-10/h9-13,15H,2-8H2,1H3. The van der Waals surface area contributed by atoms with Gasteiger partial charge in [0.05, 0.1) is 29.7 Å². The van der Waals surface area contributed by atoms with Gasteiger partial charge in [-0.3, -0.25) is 0 Å². The Morgan fingerprint density at radius 1 is 1.44 bits per heavy atom. The molecule has 2 aliphatic carbocycles. The summed E-state index contributed by atoms with van der Waals surface area (Å²) in [6, 6.07) is 0.438. The van der Waals surface area contributed by atoms with Gasteiger partial charge in [-0.1, -0.05) is 13.3 Å². The van der Waals surface area contributed by atoms with E-state index in [1.165, 1.54) is 50.3 Å². The normalized spacial score (nSPS) is 31.9. The van der Waals surface area contributed by atoms with Crippen molar-refractivity contribution in [3.63, 3.8) is 0 Å². The van der Waals surface area contributed by atoms with Gasteiger partial charge < -0.3 is 5.32 Å². The van der Waals surface area contributed by atoms with Crippen LogP contribution in [0.15, 0.2) is 6.20 Å². The first-order chi connectivity index (χ1) is 8.86. The van der Waals surface area contributed by atoms with Gasteiger partial charge in [-0.05, 0) is 56.4 Å². The van der Waals surface area contributed by atoms with Crippen LogP contribution < -0.4 is 5.32 Å². The smallest absolute Gasteiger partial charge is 0.0912 e. The lowest BCUT2D eigenvalue weighted by molar-refractivity contribution is 0.277. The van der Waals surface area contributed by atoms with Crippen LogP contribution in [-0.2, 0) is 0 Å².